The average molecular weight is 244 g/mol. The number of hydrogen-bond donors (Lipinski definition) is 0. The van der Waals surface area contributed by atoms with Crippen LogP contribution in [0.2, 0.25) is 5.15 Å². The fourth-order valence-corrected chi connectivity index (χ4v) is 1.26. The van der Waals surface area contributed by atoms with Crippen LogP contribution in [-0.2, 0) is 11.3 Å². The maximum atomic E-state index is 11.7. The van der Waals surface area contributed by atoms with Crippen LogP contribution in [0, 0.1) is 0 Å². The molecule has 1 aromatic heterocycles. The van der Waals surface area contributed by atoms with Crippen molar-refractivity contribution in [3.05, 3.63) is 27.9 Å². The van der Waals surface area contributed by atoms with Crippen LogP contribution >= 0.6 is 11.6 Å². The first kappa shape index (κ1) is 12.7. The number of aromatic nitrogens is 2. The Hall–Kier alpha value is -1.36. The van der Waals surface area contributed by atoms with Crippen molar-refractivity contribution in [2.75, 3.05) is 7.05 Å². The molecule has 1 rings (SSSR count). The molecule has 0 saturated heterocycles. The van der Waals surface area contributed by atoms with E-state index in [0.717, 1.165) is 0 Å². The maximum absolute atomic E-state index is 11.7. The molecule has 0 atom stereocenters. The molecular weight excluding hydrogens is 230 g/mol. The highest BCUT2D eigenvalue weighted by atomic mass is 35.5. The Balaban J connectivity index is 2.86. The van der Waals surface area contributed by atoms with Crippen LogP contribution in [0.5, 0.6) is 0 Å². The molecule has 16 heavy (non-hydrogen) atoms. The standard InChI is InChI=1S/C10H14ClN3O2/c1-7(2)13(3)8(15)6-14-5-4-12-9(11)10(14)16/h4-5,7H,6H2,1-3H3. The number of rotatable bonds is 3. The van der Waals surface area contributed by atoms with Gasteiger partial charge in [-0.2, -0.15) is 0 Å². The van der Waals surface area contributed by atoms with Gasteiger partial charge in [-0.3, -0.25) is 9.59 Å². The van der Waals surface area contributed by atoms with E-state index < -0.39 is 5.56 Å². The van der Waals surface area contributed by atoms with Gasteiger partial charge in [-0.1, -0.05) is 11.6 Å². The molecule has 0 fully saturated rings. The average Bonchev–Trinajstić information content (AvgIpc) is 2.23. The van der Waals surface area contributed by atoms with Gasteiger partial charge in [-0.25, -0.2) is 4.98 Å². The normalized spacial score (nSPS) is 10.6. The molecule has 88 valence electrons. The second-order valence-electron chi connectivity index (χ2n) is 3.75. The predicted molar refractivity (Wildman–Crippen MR) is 61.4 cm³/mol. The van der Waals surface area contributed by atoms with Crippen LogP contribution in [0.15, 0.2) is 17.2 Å². The lowest BCUT2D eigenvalue weighted by atomic mass is 10.3. The third-order valence-corrected chi connectivity index (χ3v) is 2.60. The lowest BCUT2D eigenvalue weighted by molar-refractivity contribution is -0.132. The van der Waals surface area contributed by atoms with Crippen LogP contribution < -0.4 is 5.56 Å². The van der Waals surface area contributed by atoms with Gasteiger partial charge >= 0.3 is 0 Å². The Morgan fingerprint density at radius 2 is 2.25 bits per heavy atom. The van der Waals surface area contributed by atoms with E-state index in [1.165, 1.54) is 17.0 Å². The first-order valence-electron chi connectivity index (χ1n) is 4.90. The van der Waals surface area contributed by atoms with Crippen molar-refractivity contribution in [2.45, 2.75) is 26.4 Å². The number of likely N-dealkylation sites (N-methyl/N-ethyl adjacent to an activating group) is 1. The lowest BCUT2D eigenvalue weighted by Crippen LogP contribution is -2.37. The van der Waals surface area contributed by atoms with Crippen LogP contribution in [-0.4, -0.2) is 33.4 Å². The zero-order valence-corrected chi connectivity index (χ0v) is 10.2. The van der Waals surface area contributed by atoms with Gasteiger partial charge in [-0.15, -0.1) is 0 Å². The van der Waals surface area contributed by atoms with Crippen molar-refractivity contribution in [1.82, 2.24) is 14.5 Å². The minimum atomic E-state index is -0.449. The highest BCUT2D eigenvalue weighted by Crippen LogP contribution is 1.98. The summed E-state index contributed by atoms with van der Waals surface area (Å²) in [5.74, 6) is -0.139. The maximum Gasteiger partial charge on any atom is 0.288 e. The SMILES string of the molecule is CC(C)N(C)C(=O)Cn1ccnc(Cl)c1=O. The molecule has 1 heterocycles. The summed E-state index contributed by atoms with van der Waals surface area (Å²) in [4.78, 5) is 28.4. The molecule has 6 heteroatoms. The summed E-state index contributed by atoms with van der Waals surface area (Å²) in [7, 11) is 1.70. The Morgan fingerprint density at radius 3 is 2.81 bits per heavy atom. The van der Waals surface area contributed by atoms with Crippen molar-refractivity contribution >= 4 is 17.5 Å². The van der Waals surface area contributed by atoms with E-state index in [9.17, 15) is 9.59 Å². The molecule has 0 aliphatic heterocycles. The molecule has 0 N–H and O–H groups in total. The second kappa shape index (κ2) is 5.12. The quantitative estimate of drug-likeness (QED) is 0.788. The molecule has 1 amide bonds. The number of carbonyl (C=O) groups excluding carboxylic acids is 1. The summed E-state index contributed by atoms with van der Waals surface area (Å²) in [6.07, 6.45) is 2.84. The fraction of sp³-hybridized carbons (Fsp3) is 0.500. The number of amides is 1. The first-order chi connectivity index (χ1) is 7.43. The minimum absolute atomic E-state index is 0.0181. The van der Waals surface area contributed by atoms with E-state index in [1.54, 1.807) is 11.9 Å². The Morgan fingerprint density at radius 1 is 1.62 bits per heavy atom. The Bertz CT molecular complexity index is 442. The van der Waals surface area contributed by atoms with E-state index in [2.05, 4.69) is 4.98 Å². The monoisotopic (exact) mass is 243 g/mol. The van der Waals surface area contributed by atoms with Crippen molar-refractivity contribution in [2.24, 2.45) is 0 Å². The highest BCUT2D eigenvalue weighted by molar-refractivity contribution is 6.29. The summed E-state index contributed by atoms with van der Waals surface area (Å²) in [6, 6.07) is 0.0977. The van der Waals surface area contributed by atoms with Crippen molar-refractivity contribution in [3.63, 3.8) is 0 Å². The number of nitrogens with zero attached hydrogens (tertiary/aromatic N) is 3. The molecular formula is C10H14ClN3O2. The van der Waals surface area contributed by atoms with Gasteiger partial charge in [0.15, 0.2) is 5.15 Å². The van der Waals surface area contributed by atoms with E-state index >= 15 is 0 Å². The van der Waals surface area contributed by atoms with E-state index in [-0.39, 0.29) is 23.6 Å². The summed E-state index contributed by atoms with van der Waals surface area (Å²) in [6.45, 7) is 3.79. The molecule has 0 radical (unpaired) electrons. The first-order valence-corrected chi connectivity index (χ1v) is 5.28. The summed E-state index contributed by atoms with van der Waals surface area (Å²) in [5.41, 5.74) is -0.449. The predicted octanol–water partition coefficient (Wildman–Crippen LogP) is 0.763. The van der Waals surface area contributed by atoms with Gasteiger partial charge in [0.05, 0.1) is 0 Å². The molecule has 5 nitrogen and oxygen atoms in total. The second-order valence-corrected chi connectivity index (χ2v) is 4.11. The third-order valence-electron chi connectivity index (χ3n) is 2.35. The smallest absolute Gasteiger partial charge is 0.288 e. The Labute approximate surface area is 98.7 Å². The minimum Gasteiger partial charge on any atom is -0.342 e. The van der Waals surface area contributed by atoms with Crippen LogP contribution in [0.4, 0.5) is 0 Å². The van der Waals surface area contributed by atoms with Gasteiger partial charge in [-0.05, 0) is 13.8 Å². The van der Waals surface area contributed by atoms with Gasteiger partial charge in [0.25, 0.3) is 5.56 Å². The van der Waals surface area contributed by atoms with Crippen LogP contribution in [0.25, 0.3) is 0 Å². The summed E-state index contributed by atoms with van der Waals surface area (Å²) < 4.78 is 1.25. The lowest BCUT2D eigenvalue weighted by Gasteiger charge is -2.21. The van der Waals surface area contributed by atoms with Gasteiger partial charge in [0, 0.05) is 25.5 Å². The van der Waals surface area contributed by atoms with E-state index in [1.807, 2.05) is 13.8 Å². The number of carbonyl (C=O) groups is 1. The number of hydrogen-bond acceptors (Lipinski definition) is 3. The highest BCUT2D eigenvalue weighted by Gasteiger charge is 2.13. The number of halogens is 1. The Kier molecular flexibility index (Phi) is 4.06. The zero-order valence-electron chi connectivity index (χ0n) is 9.48. The molecule has 1 aromatic rings. The topological polar surface area (TPSA) is 55.2 Å². The van der Waals surface area contributed by atoms with Crippen LogP contribution in [0.3, 0.4) is 0 Å². The molecule has 0 aliphatic rings. The molecule has 0 aliphatic carbocycles. The van der Waals surface area contributed by atoms with Crippen LogP contribution in [0.1, 0.15) is 13.8 Å². The largest absolute Gasteiger partial charge is 0.342 e. The molecule has 0 unspecified atom stereocenters. The van der Waals surface area contributed by atoms with E-state index in [0.29, 0.717) is 0 Å². The molecule has 0 bridgehead atoms. The summed E-state index contributed by atoms with van der Waals surface area (Å²) >= 11 is 5.57. The fourth-order valence-electron chi connectivity index (χ4n) is 1.09. The van der Waals surface area contributed by atoms with Crippen molar-refractivity contribution < 1.29 is 4.79 Å². The summed E-state index contributed by atoms with van der Waals surface area (Å²) in [5, 5.41) is -0.123. The van der Waals surface area contributed by atoms with Gasteiger partial charge in [0.1, 0.15) is 6.54 Å². The molecule has 0 spiro atoms. The van der Waals surface area contributed by atoms with Crippen molar-refractivity contribution in [3.8, 4) is 0 Å². The van der Waals surface area contributed by atoms with E-state index in [4.69, 9.17) is 11.6 Å². The third kappa shape index (κ3) is 2.82. The zero-order chi connectivity index (χ0) is 12.3. The van der Waals surface area contributed by atoms with Gasteiger partial charge < -0.3 is 9.47 Å². The molecule has 0 aromatic carbocycles. The van der Waals surface area contributed by atoms with Gasteiger partial charge in [0.2, 0.25) is 5.91 Å². The molecule has 0 saturated carbocycles. The van der Waals surface area contributed by atoms with Crippen molar-refractivity contribution in [1.29, 1.82) is 0 Å².